The van der Waals surface area contributed by atoms with E-state index in [4.69, 9.17) is 0 Å². The van der Waals surface area contributed by atoms with Gasteiger partial charge in [-0.25, -0.2) is 24.0 Å². The molecule has 5 N–H and O–H groups in total. The molecule has 6 aliphatic carbocycles. The molecule has 16 heteroatoms. The predicted octanol–water partition coefficient (Wildman–Crippen LogP) is 10.2. The minimum absolute atomic E-state index is 0.0831. The quantitative estimate of drug-likeness (QED) is 0.105. The largest absolute Gasteiger partial charge is 0.478 e. The van der Waals surface area contributed by atoms with E-state index < -0.39 is 53.5 Å². The Morgan fingerprint density at radius 1 is 0.305 bits per heavy atom. The van der Waals surface area contributed by atoms with Crippen molar-refractivity contribution in [3.63, 3.8) is 0 Å². The number of rotatable bonds is 5. The van der Waals surface area contributed by atoms with E-state index in [1.54, 1.807) is 12.1 Å². The Kier molecular flexibility index (Phi) is 9.30. The van der Waals surface area contributed by atoms with Crippen LogP contribution in [-0.2, 0) is 19.2 Å². The molecule has 0 aromatic heterocycles. The first kappa shape index (κ1) is 38.2. The van der Waals surface area contributed by atoms with Crippen molar-refractivity contribution >= 4 is 94.6 Å². The summed E-state index contributed by atoms with van der Waals surface area (Å²) in [5, 5.41) is 51.9. The molecule has 10 nitrogen and oxygen atoms in total. The third-order valence-corrected chi connectivity index (χ3v) is 18.3. The van der Waals surface area contributed by atoms with Crippen LogP contribution in [0.15, 0.2) is 143 Å². The lowest BCUT2D eigenvalue weighted by molar-refractivity contribution is -0.136. The van der Waals surface area contributed by atoms with Crippen molar-refractivity contribution in [3.8, 4) is 0 Å². The Bertz CT molecular complexity index is 2700. The zero-order valence-electron chi connectivity index (χ0n) is 29.7. The Balaban J connectivity index is 1.13. The lowest BCUT2D eigenvalue weighted by atomic mass is 9.61. The predicted molar refractivity (Wildman–Crippen MR) is 226 cm³/mol. The van der Waals surface area contributed by atoms with Gasteiger partial charge in [0.05, 0.1) is 27.9 Å². The molecule has 15 aliphatic rings. The lowest BCUT2D eigenvalue weighted by Gasteiger charge is -2.41. The maximum Gasteiger partial charge on any atom is 0.335 e. The molecular formula is C43H24O10S6. The molecule has 0 spiro atoms. The summed E-state index contributed by atoms with van der Waals surface area (Å²) >= 11 is 0. The van der Waals surface area contributed by atoms with Crippen LogP contribution < -0.4 is 0 Å². The summed E-state index contributed by atoms with van der Waals surface area (Å²) in [5.41, 5.74) is 5.09. The summed E-state index contributed by atoms with van der Waals surface area (Å²) in [5.74, 6) is -9.65. The number of aromatic carboxylic acids is 1. The summed E-state index contributed by atoms with van der Waals surface area (Å²) in [7, 11) is 8.29. The third kappa shape index (κ3) is 6.14. The second-order valence-corrected chi connectivity index (χ2v) is 21.1. The second kappa shape index (κ2) is 14.3. The van der Waals surface area contributed by atoms with Crippen molar-refractivity contribution < 1.29 is 49.5 Å². The second-order valence-electron chi connectivity index (χ2n) is 14.3. The number of hydrogen-bond acceptors (Lipinski definition) is 11. The van der Waals surface area contributed by atoms with Crippen LogP contribution in [0, 0.1) is 0 Å². The molecule has 18 bridgehead atoms. The summed E-state index contributed by atoms with van der Waals surface area (Å²) in [6.45, 7) is 0. The average Bonchev–Trinajstić information content (AvgIpc) is 3.22. The summed E-state index contributed by atoms with van der Waals surface area (Å²) in [6, 6.07) is 27.6. The van der Waals surface area contributed by atoms with E-state index in [1.165, 1.54) is 64.8 Å². The number of carbonyl (C=O) groups is 5. The topological polar surface area (TPSA) is 186 Å². The van der Waals surface area contributed by atoms with Gasteiger partial charge in [-0.1, -0.05) is 89.0 Å². The van der Waals surface area contributed by atoms with E-state index >= 15 is 0 Å². The van der Waals surface area contributed by atoms with Crippen molar-refractivity contribution in [2.45, 2.75) is 53.0 Å². The van der Waals surface area contributed by atoms with Gasteiger partial charge in [-0.2, -0.15) is 0 Å². The number of benzene rings is 5. The molecule has 0 fully saturated rings. The first-order valence-corrected chi connectivity index (χ1v) is 24.2. The highest BCUT2D eigenvalue weighted by Crippen LogP contribution is 2.60. The summed E-state index contributed by atoms with van der Waals surface area (Å²) < 4.78 is 0. The molecule has 0 amide bonds. The maximum absolute atomic E-state index is 12.9. The van der Waals surface area contributed by atoms with Crippen LogP contribution >= 0.6 is 64.8 Å². The molecule has 9 aliphatic heterocycles. The Hall–Kier alpha value is -4.97. The van der Waals surface area contributed by atoms with E-state index in [0.29, 0.717) is 54.3 Å². The molecule has 4 atom stereocenters. The van der Waals surface area contributed by atoms with Gasteiger partial charge in [0, 0.05) is 53.0 Å². The highest BCUT2D eigenvalue weighted by atomic mass is 33.1. The van der Waals surface area contributed by atoms with E-state index in [9.17, 15) is 49.5 Å². The van der Waals surface area contributed by atoms with Crippen LogP contribution in [-0.4, -0.2) is 55.4 Å². The van der Waals surface area contributed by atoms with Crippen LogP contribution in [0.3, 0.4) is 0 Å². The minimum atomic E-state index is -1.30. The van der Waals surface area contributed by atoms with Crippen molar-refractivity contribution in [3.05, 3.63) is 163 Å². The van der Waals surface area contributed by atoms with Crippen molar-refractivity contribution in [2.75, 3.05) is 0 Å². The van der Waals surface area contributed by atoms with Crippen LogP contribution in [0.4, 0.5) is 0 Å². The fourth-order valence-electron chi connectivity index (χ4n) is 9.04. The number of hydrogen-bond donors (Lipinski definition) is 5. The summed E-state index contributed by atoms with van der Waals surface area (Å²) in [6.07, 6.45) is 0. The molecule has 5 aromatic carbocycles. The average molecular weight is 893 g/mol. The maximum atomic E-state index is 12.9. The molecule has 59 heavy (non-hydrogen) atoms. The van der Waals surface area contributed by atoms with Gasteiger partial charge in [-0.3, -0.25) is 0 Å². The van der Waals surface area contributed by atoms with E-state index in [2.05, 4.69) is 0 Å². The van der Waals surface area contributed by atoms with E-state index in [0.717, 1.165) is 19.6 Å². The molecule has 0 unspecified atom stereocenters. The zero-order chi connectivity index (χ0) is 41.0. The van der Waals surface area contributed by atoms with Crippen molar-refractivity contribution in [1.29, 1.82) is 0 Å². The molecule has 0 saturated carbocycles. The molecular weight excluding hydrogens is 869 g/mol. The summed E-state index contributed by atoms with van der Waals surface area (Å²) in [4.78, 5) is 68.1. The molecule has 0 saturated heterocycles. The highest BCUT2D eigenvalue weighted by Gasteiger charge is 2.49. The first-order valence-electron chi connectivity index (χ1n) is 17.8. The van der Waals surface area contributed by atoms with Crippen LogP contribution in [0.5, 0.6) is 0 Å². The fraction of sp³-hybridized carbons (Fsp3) is 0.0930. The van der Waals surface area contributed by atoms with Crippen molar-refractivity contribution in [2.24, 2.45) is 0 Å². The Morgan fingerprint density at radius 2 is 0.559 bits per heavy atom. The third-order valence-electron chi connectivity index (χ3n) is 11.2. The van der Waals surface area contributed by atoms with Crippen LogP contribution in [0.2, 0.25) is 0 Å². The normalized spacial score (nSPS) is 20.7. The van der Waals surface area contributed by atoms with Gasteiger partial charge in [0.1, 0.15) is 0 Å². The van der Waals surface area contributed by atoms with Crippen LogP contribution in [0.1, 0.15) is 78.5 Å². The van der Waals surface area contributed by atoms with Gasteiger partial charge in [0.25, 0.3) is 0 Å². The molecule has 20 rings (SSSR count). The highest BCUT2D eigenvalue weighted by molar-refractivity contribution is 8.77. The minimum Gasteiger partial charge on any atom is -0.478 e. The standard InChI is InChI=1S/C43H24O10S6/c44-39(45)16-9-21-11-22(10-16)59-57-20-4-8-26-30(15-20)34-24-6-2-18(13-28(24)32(26)36(41(48)49)38(34)43(52)53)55-54-17-1-5-23-27(12-17)31-25-7-3-19(56-58-21)14-29(25)33(23)37(42(50)51)35(31)40(46)47/h1-15,31-34H,(H,44,45)(H,46,47)(H,48,49)(H,50,51)(H,52,53)/t31-,32+,33-,34+. The Morgan fingerprint density at radius 3 is 0.797 bits per heavy atom. The zero-order valence-corrected chi connectivity index (χ0v) is 34.6. The van der Waals surface area contributed by atoms with E-state index in [1.807, 2.05) is 78.9 Å². The molecule has 0 radical (unpaired) electrons. The fourth-order valence-corrected chi connectivity index (χ4v) is 15.1. The van der Waals surface area contributed by atoms with Gasteiger partial charge in [-0.05, 0) is 111 Å². The van der Waals surface area contributed by atoms with Gasteiger partial charge >= 0.3 is 29.8 Å². The van der Waals surface area contributed by atoms with Gasteiger partial charge in [-0.15, -0.1) is 0 Å². The van der Waals surface area contributed by atoms with Gasteiger partial charge in [0.15, 0.2) is 0 Å². The monoisotopic (exact) mass is 892 g/mol. The SMILES string of the molecule is O=C(O)C1=C(C(=O)O)[C@@H]2c3ccc4cc3[C@H]1c1ccc(cc12)SSc1ccc2c(c1)[C@H]1C(C(=O)O)=C(C(=O)O)[C@@H]2c2cc(ccc21)SSc1cc(cc(C(=O)O)c1)SS4. The first-order chi connectivity index (χ1) is 28.4. The number of carboxylic acid groups (broad SMARTS) is 5. The number of aliphatic carboxylic acids is 4. The number of carboxylic acids is 5. The Labute approximate surface area is 358 Å². The van der Waals surface area contributed by atoms with Gasteiger partial charge in [0.2, 0.25) is 0 Å². The van der Waals surface area contributed by atoms with E-state index in [-0.39, 0.29) is 27.9 Å². The molecule has 5 aromatic rings. The lowest BCUT2D eigenvalue weighted by Crippen LogP contribution is -2.34. The van der Waals surface area contributed by atoms with Gasteiger partial charge < -0.3 is 25.5 Å². The van der Waals surface area contributed by atoms with Crippen LogP contribution in [0.25, 0.3) is 0 Å². The molecule has 9 heterocycles. The smallest absolute Gasteiger partial charge is 0.335 e. The van der Waals surface area contributed by atoms with Crippen molar-refractivity contribution in [1.82, 2.24) is 0 Å². The molecule has 292 valence electrons.